The number of nitrogens with zero attached hydrogens (tertiary/aromatic N) is 3. The molecule has 1 amide bonds. The van der Waals surface area contributed by atoms with Gasteiger partial charge < -0.3 is 5.32 Å². The van der Waals surface area contributed by atoms with Crippen LogP contribution in [0.25, 0.3) is 16.9 Å². The molecule has 3 aromatic carbocycles. The van der Waals surface area contributed by atoms with Gasteiger partial charge in [-0.15, -0.1) is 0 Å². The Morgan fingerprint density at radius 1 is 1.00 bits per heavy atom. The second-order valence-corrected chi connectivity index (χ2v) is 7.88. The summed E-state index contributed by atoms with van der Waals surface area (Å²) in [5.41, 5.74) is 4.13. The Morgan fingerprint density at radius 3 is 2.27 bits per heavy atom. The first-order valence-electron chi connectivity index (χ1n) is 10.7. The molecule has 1 unspecified atom stereocenters. The predicted octanol–water partition coefficient (Wildman–Crippen LogP) is 4.91. The Bertz CT molecular complexity index is 1240. The molecule has 4 rings (SSSR count). The van der Waals surface area contributed by atoms with Crippen LogP contribution in [0.5, 0.6) is 0 Å². The quantitative estimate of drug-likeness (QED) is 0.311. The molecule has 7 heteroatoms. The third-order valence-electron chi connectivity index (χ3n) is 5.49. The molecule has 1 heterocycles. The van der Waals surface area contributed by atoms with E-state index in [1.807, 2.05) is 66.9 Å². The van der Waals surface area contributed by atoms with E-state index >= 15 is 0 Å². The number of hydrogen-bond acceptors (Lipinski definition) is 4. The van der Waals surface area contributed by atoms with E-state index in [1.165, 1.54) is 17.7 Å². The number of carbonyl (C=O) groups is 1. The Morgan fingerprint density at radius 2 is 1.64 bits per heavy atom. The molecule has 0 saturated heterocycles. The smallest absolute Gasteiger partial charge is 0.269 e. The van der Waals surface area contributed by atoms with Gasteiger partial charge in [0.25, 0.3) is 5.69 Å². The lowest BCUT2D eigenvalue weighted by molar-refractivity contribution is -0.384. The zero-order chi connectivity index (χ0) is 23.2. The van der Waals surface area contributed by atoms with Crippen LogP contribution in [0.1, 0.15) is 24.0 Å². The summed E-state index contributed by atoms with van der Waals surface area (Å²) >= 11 is 0. The van der Waals surface area contributed by atoms with Crippen molar-refractivity contribution in [2.45, 2.75) is 19.3 Å². The Kier molecular flexibility index (Phi) is 6.59. The van der Waals surface area contributed by atoms with Crippen molar-refractivity contribution in [1.82, 2.24) is 15.1 Å². The van der Waals surface area contributed by atoms with Gasteiger partial charge in [0.2, 0.25) is 5.91 Å². The van der Waals surface area contributed by atoms with Crippen molar-refractivity contribution < 1.29 is 9.72 Å². The van der Waals surface area contributed by atoms with Gasteiger partial charge in [0.1, 0.15) is 0 Å². The van der Waals surface area contributed by atoms with Crippen LogP contribution in [0.2, 0.25) is 0 Å². The second-order valence-electron chi connectivity index (χ2n) is 7.88. The zero-order valence-electron chi connectivity index (χ0n) is 18.2. The van der Waals surface area contributed by atoms with Crippen LogP contribution in [-0.4, -0.2) is 27.2 Å². The van der Waals surface area contributed by atoms with Gasteiger partial charge in [-0.3, -0.25) is 14.9 Å². The molecule has 0 aliphatic rings. The molecule has 0 aliphatic heterocycles. The fourth-order valence-electron chi connectivity index (χ4n) is 3.64. The lowest BCUT2D eigenvalue weighted by atomic mass is 10.0. The number of para-hydroxylation sites is 1. The number of nitro benzene ring substituents is 1. The van der Waals surface area contributed by atoms with E-state index in [-0.39, 0.29) is 23.9 Å². The van der Waals surface area contributed by atoms with E-state index in [9.17, 15) is 14.9 Å². The lowest BCUT2D eigenvalue weighted by Gasteiger charge is -2.13. The summed E-state index contributed by atoms with van der Waals surface area (Å²) in [5.74, 6) is 0.0879. The molecule has 0 fully saturated rings. The number of amides is 1. The molecule has 33 heavy (non-hydrogen) atoms. The fraction of sp³-hybridized carbons (Fsp3) is 0.154. The first-order chi connectivity index (χ1) is 16.0. The van der Waals surface area contributed by atoms with E-state index in [4.69, 9.17) is 0 Å². The molecule has 166 valence electrons. The Labute approximate surface area is 191 Å². The van der Waals surface area contributed by atoms with Gasteiger partial charge in [0, 0.05) is 36.0 Å². The first-order valence-corrected chi connectivity index (χ1v) is 10.7. The van der Waals surface area contributed by atoms with Crippen LogP contribution in [0.15, 0.2) is 91.1 Å². The molecular weight excluding hydrogens is 416 g/mol. The maximum atomic E-state index is 12.8. The first kappa shape index (κ1) is 22.0. The van der Waals surface area contributed by atoms with Crippen molar-refractivity contribution in [2.24, 2.45) is 0 Å². The largest absolute Gasteiger partial charge is 0.355 e. The molecular formula is C26H24N4O3. The van der Waals surface area contributed by atoms with Crippen LogP contribution in [-0.2, 0) is 11.2 Å². The summed E-state index contributed by atoms with van der Waals surface area (Å²) in [6.07, 6.45) is 1.99. The number of hydrogen-bond donors (Lipinski definition) is 1. The standard InChI is InChI=1S/C26H24N4O3/c1-19(20-8-4-2-5-9-20)17-27-25(31)16-22-18-29(23-10-6-3-7-11-23)28-26(22)21-12-14-24(15-13-21)30(32)33/h2-15,18-19H,16-17H2,1H3,(H,27,31). The van der Waals surface area contributed by atoms with Crippen molar-refractivity contribution in [1.29, 1.82) is 0 Å². The normalized spacial score (nSPS) is 11.7. The minimum atomic E-state index is -0.436. The highest BCUT2D eigenvalue weighted by Crippen LogP contribution is 2.26. The molecule has 0 radical (unpaired) electrons. The Balaban J connectivity index is 1.56. The van der Waals surface area contributed by atoms with Crippen molar-refractivity contribution in [2.75, 3.05) is 6.54 Å². The molecule has 1 N–H and O–H groups in total. The van der Waals surface area contributed by atoms with Crippen LogP contribution >= 0.6 is 0 Å². The van der Waals surface area contributed by atoms with Crippen molar-refractivity contribution >= 4 is 11.6 Å². The molecule has 0 spiro atoms. The number of rotatable bonds is 8. The maximum Gasteiger partial charge on any atom is 0.269 e. The van der Waals surface area contributed by atoms with Gasteiger partial charge in [-0.05, 0) is 35.7 Å². The monoisotopic (exact) mass is 440 g/mol. The van der Waals surface area contributed by atoms with Crippen molar-refractivity contribution in [3.05, 3.63) is 112 Å². The number of nitrogens with one attached hydrogen (secondary N) is 1. The highest BCUT2D eigenvalue weighted by molar-refractivity contribution is 5.81. The van der Waals surface area contributed by atoms with Gasteiger partial charge in [-0.2, -0.15) is 5.10 Å². The zero-order valence-corrected chi connectivity index (χ0v) is 18.2. The van der Waals surface area contributed by atoms with Crippen LogP contribution < -0.4 is 5.32 Å². The van der Waals surface area contributed by atoms with E-state index in [0.717, 1.165) is 16.8 Å². The van der Waals surface area contributed by atoms with Gasteiger partial charge in [-0.1, -0.05) is 55.5 Å². The SMILES string of the molecule is CC(CNC(=O)Cc1cn(-c2ccccc2)nc1-c1ccc([N+](=O)[O-])cc1)c1ccccc1. The highest BCUT2D eigenvalue weighted by atomic mass is 16.6. The molecule has 0 saturated carbocycles. The molecule has 1 atom stereocenters. The summed E-state index contributed by atoms with van der Waals surface area (Å²) in [6.45, 7) is 2.61. The summed E-state index contributed by atoms with van der Waals surface area (Å²) < 4.78 is 1.73. The van der Waals surface area contributed by atoms with E-state index in [1.54, 1.807) is 16.8 Å². The summed E-state index contributed by atoms with van der Waals surface area (Å²) in [5, 5.41) is 18.7. The average molecular weight is 441 g/mol. The van der Waals surface area contributed by atoms with Gasteiger partial charge >= 0.3 is 0 Å². The van der Waals surface area contributed by atoms with Crippen LogP contribution in [0, 0.1) is 10.1 Å². The van der Waals surface area contributed by atoms with Gasteiger partial charge in [-0.25, -0.2) is 4.68 Å². The Hall–Kier alpha value is -4.26. The summed E-state index contributed by atoms with van der Waals surface area (Å²) in [4.78, 5) is 23.4. The summed E-state index contributed by atoms with van der Waals surface area (Å²) in [6, 6.07) is 25.9. The second kappa shape index (κ2) is 9.91. The highest BCUT2D eigenvalue weighted by Gasteiger charge is 2.17. The van der Waals surface area contributed by atoms with Crippen molar-refractivity contribution in [3.63, 3.8) is 0 Å². The van der Waals surface area contributed by atoms with Crippen LogP contribution in [0.4, 0.5) is 5.69 Å². The molecule has 4 aromatic rings. The number of nitro groups is 1. The minimum Gasteiger partial charge on any atom is -0.355 e. The molecule has 0 aliphatic carbocycles. The van der Waals surface area contributed by atoms with E-state index in [0.29, 0.717) is 12.2 Å². The van der Waals surface area contributed by atoms with E-state index in [2.05, 4.69) is 17.3 Å². The minimum absolute atomic E-state index is 0.00966. The molecule has 1 aromatic heterocycles. The topological polar surface area (TPSA) is 90.1 Å². The van der Waals surface area contributed by atoms with Gasteiger partial charge in [0.15, 0.2) is 0 Å². The van der Waals surface area contributed by atoms with Gasteiger partial charge in [0.05, 0.1) is 22.7 Å². The van der Waals surface area contributed by atoms with Crippen LogP contribution in [0.3, 0.4) is 0 Å². The summed E-state index contributed by atoms with van der Waals surface area (Å²) in [7, 11) is 0. The molecule has 0 bridgehead atoms. The predicted molar refractivity (Wildman–Crippen MR) is 127 cm³/mol. The number of non-ortho nitro benzene ring substituents is 1. The lowest BCUT2D eigenvalue weighted by Crippen LogP contribution is -2.28. The van der Waals surface area contributed by atoms with Crippen molar-refractivity contribution in [3.8, 4) is 16.9 Å². The maximum absolute atomic E-state index is 12.8. The van der Waals surface area contributed by atoms with E-state index < -0.39 is 4.92 Å². The number of aromatic nitrogens is 2. The third kappa shape index (κ3) is 5.33. The number of carbonyl (C=O) groups excluding carboxylic acids is 1. The fourth-order valence-corrected chi connectivity index (χ4v) is 3.64. The number of benzene rings is 3. The molecule has 7 nitrogen and oxygen atoms in total. The average Bonchev–Trinajstić information content (AvgIpc) is 3.27. The third-order valence-corrected chi connectivity index (χ3v) is 5.49.